The summed E-state index contributed by atoms with van der Waals surface area (Å²) in [7, 11) is 0. The number of anilines is 1. The van der Waals surface area contributed by atoms with Gasteiger partial charge in [0, 0.05) is 11.3 Å². The molecule has 5 heteroatoms. The molecule has 0 radical (unpaired) electrons. The van der Waals surface area contributed by atoms with Gasteiger partial charge in [0.15, 0.2) is 5.82 Å². The summed E-state index contributed by atoms with van der Waals surface area (Å²) in [5.74, 6) is 3.22. The molecule has 1 aromatic heterocycles. The van der Waals surface area contributed by atoms with E-state index in [1.165, 1.54) is 0 Å². The van der Waals surface area contributed by atoms with Crippen molar-refractivity contribution in [2.75, 3.05) is 11.5 Å². The zero-order valence-corrected chi connectivity index (χ0v) is 11.5. The van der Waals surface area contributed by atoms with Gasteiger partial charge in [-0.15, -0.1) is 0 Å². The maximum Gasteiger partial charge on any atom is 0.257 e. The van der Waals surface area contributed by atoms with Gasteiger partial charge in [-0.2, -0.15) is 16.7 Å². The summed E-state index contributed by atoms with van der Waals surface area (Å²) in [5.41, 5.74) is 8.50. The Labute approximate surface area is 111 Å². The van der Waals surface area contributed by atoms with Gasteiger partial charge in [-0.1, -0.05) is 12.1 Å². The summed E-state index contributed by atoms with van der Waals surface area (Å²) in [6.45, 7) is 4.12. The minimum Gasteiger partial charge on any atom is -0.399 e. The van der Waals surface area contributed by atoms with Gasteiger partial charge in [0.2, 0.25) is 0 Å². The van der Waals surface area contributed by atoms with Crippen LogP contribution in [0.2, 0.25) is 0 Å². The Morgan fingerprint density at radius 2 is 2.22 bits per heavy atom. The number of benzene rings is 1. The first-order valence-electron chi connectivity index (χ1n) is 5.97. The van der Waals surface area contributed by atoms with Gasteiger partial charge in [0.05, 0.1) is 5.75 Å². The first-order valence-corrected chi connectivity index (χ1v) is 7.13. The van der Waals surface area contributed by atoms with E-state index in [0.29, 0.717) is 5.89 Å². The topological polar surface area (TPSA) is 64.9 Å². The molecule has 4 nitrogen and oxygen atoms in total. The Morgan fingerprint density at radius 3 is 2.94 bits per heavy atom. The van der Waals surface area contributed by atoms with E-state index in [1.54, 1.807) is 0 Å². The molecule has 0 aliphatic heterocycles. The van der Waals surface area contributed by atoms with Crippen LogP contribution in [0.4, 0.5) is 5.69 Å². The molecule has 0 bridgehead atoms. The maximum atomic E-state index is 5.78. The van der Waals surface area contributed by atoms with Gasteiger partial charge in [-0.3, -0.25) is 0 Å². The molecular weight excluding hydrogens is 246 g/mol. The van der Waals surface area contributed by atoms with Gasteiger partial charge in [-0.25, -0.2) is 0 Å². The van der Waals surface area contributed by atoms with Crippen molar-refractivity contribution in [1.29, 1.82) is 0 Å². The molecule has 96 valence electrons. The molecule has 2 aromatic rings. The molecule has 0 aliphatic carbocycles. The van der Waals surface area contributed by atoms with Gasteiger partial charge >= 0.3 is 0 Å². The van der Waals surface area contributed by atoms with Crippen LogP contribution in [0, 0.1) is 6.92 Å². The largest absolute Gasteiger partial charge is 0.399 e. The fourth-order valence-corrected chi connectivity index (χ4v) is 2.28. The molecule has 0 fully saturated rings. The lowest BCUT2D eigenvalue weighted by atomic mass is 10.1. The summed E-state index contributed by atoms with van der Waals surface area (Å²) in [4.78, 5) is 4.38. The summed E-state index contributed by atoms with van der Waals surface area (Å²) in [6, 6.07) is 5.73. The van der Waals surface area contributed by atoms with E-state index >= 15 is 0 Å². The molecule has 2 N–H and O–H groups in total. The van der Waals surface area contributed by atoms with E-state index in [-0.39, 0.29) is 0 Å². The molecule has 0 saturated heterocycles. The van der Waals surface area contributed by atoms with Crippen molar-refractivity contribution in [3.05, 3.63) is 29.6 Å². The second-order valence-corrected chi connectivity index (χ2v) is 5.24. The standard InChI is InChI=1S/C13H17N3OS/c1-3-6-18-8-12-15-13(17-16-12)10-4-5-11(14)9(2)7-10/h4-5,7H,3,6,8,14H2,1-2H3. The van der Waals surface area contributed by atoms with E-state index in [2.05, 4.69) is 17.1 Å². The Kier molecular flexibility index (Phi) is 4.25. The number of nitrogens with two attached hydrogens (primary N) is 1. The minimum atomic E-state index is 0.560. The Bertz CT molecular complexity index is 525. The number of nitrogen functional groups attached to an aromatic ring is 1. The molecule has 0 atom stereocenters. The van der Waals surface area contributed by atoms with Crippen molar-refractivity contribution < 1.29 is 4.52 Å². The van der Waals surface area contributed by atoms with Crippen molar-refractivity contribution in [2.45, 2.75) is 26.0 Å². The van der Waals surface area contributed by atoms with Gasteiger partial charge in [0.25, 0.3) is 5.89 Å². The number of hydrogen-bond acceptors (Lipinski definition) is 5. The zero-order chi connectivity index (χ0) is 13.0. The summed E-state index contributed by atoms with van der Waals surface area (Å²) in [5, 5.41) is 3.98. The molecule has 1 aromatic carbocycles. The smallest absolute Gasteiger partial charge is 0.257 e. The van der Waals surface area contributed by atoms with Gasteiger partial charge in [-0.05, 0) is 42.9 Å². The predicted molar refractivity (Wildman–Crippen MR) is 75.3 cm³/mol. The molecule has 0 amide bonds. The molecule has 18 heavy (non-hydrogen) atoms. The molecule has 2 rings (SSSR count). The van der Waals surface area contributed by atoms with E-state index in [9.17, 15) is 0 Å². The third-order valence-corrected chi connectivity index (χ3v) is 3.72. The molecule has 0 saturated carbocycles. The van der Waals surface area contributed by atoms with Crippen LogP contribution in [0.15, 0.2) is 22.7 Å². The highest BCUT2D eigenvalue weighted by atomic mass is 32.2. The van der Waals surface area contributed by atoms with Crippen molar-refractivity contribution in [3.8, 4) is 11.5 Å². The lowest BCUT2D eigenvalue weighted by Crippen LogP contribution is -1.90. The summed E-state index contributed by atoms with van der Waals surface area (Å²) in [6.07, 6.45) is 1.16. The molecular formula is C13H17N3OS. The van der Waals surface area contributed by atoms with Crippen LogP contribution in [0.3, 0.4) is 0 Å². The molecule has 0 spiro atoms. The normalized spacial score (nSPS) is 10.8. The average molecular weight is 263 g/mol. The number of thioether (sulfide) groups is 1. The van der Waals surface area contributed by atoms with Crippen molar-refractivity contribution in [3.63, 3.8) is 0 Å². The Morgan fingerprint density at radius 1 is 1.39 bits per heavy atom. The first kappa shape index (κ1) is 13.0. The fraction of sp³-hybridized carbons (Fsp3) is 0.385. The number of nitrogens with zero attached hydrogens (tertiary/aromatic N) is 2. The van der Waals surface area contributed by atoms with Gasteiger partial charge in [0.1, 0.15) is 0 Å². The second kappa shape index (κ2) is 5.91. The van der Waals surface area contributed by atoms with Crippen LogP contribution in [-0.4, -0.2) is 15.9 Å². The van der Waals surface area contributed by atoms with Crippen molar-refractivity contribution in [1.82, 2.24) is 10.1 Å². The van der Waals surface area contributed by atoms with Crippen molar-refractivity contribution >= 4 is 17.4 Å². The van der Waals surface area contributed by atoms with Crippen LogP contribution in [0.1, 0.15) is 24.7 Å². The monoisotopic (exact) mass is 263 g/mol. The zero-order valence-electron chi connectivity index (χ0n) is 10.6. The summed E-state index contributed by atoms with van der Waals surface area (Å²) < 4.78 is 5.26. The first-order chi connectivity index (χ1) is 8.70. The van der Waals surface area contributed by atoms with E-state index < -0.39 is 0 Å². The molecule has 0 aliphatic rings. The lowest BCUT2D eigenvalue weighted by molar-refractivity contribution is 0.425. The highest BCUT2D eigenvalue weighted by Crippen LogP contribution is 2.22. The van der Waals surface area contributed by atoms with Gasteiger partial charge < -0.3 is 10.3 Å². The third-order valence-electron chi connectivity index (χ3n) is 2.56. The SMILES string of the molecule is CCCSCc1noc(-c2ccc(N)c(C)c2)n1. The highest BCUT2D eigenvalue weighted by molar-refractivity contribution is 7.98. The second-order valence-electron chi connectivity index (χ2n) is 4.14. The summed E-state index contributed by atoms with van der Waals surface area (Å²) >= 11 is 1.82. The average Bonchev–Trinajstić information content (AvgIpc) is 2.82. The van der Waals surface area contributed by atoms with Crippen molar-refractivity contribution in [2.24, 2.45) is 0 Å². The Balaban J connectivity index is 2.11. The number of aryl methyl sites for hydroxylation is 1. The number of hydrogen-bond donors (Lipinski definition) is 1. The third kappa shape index (κ3) is 3.04. The number of rotatable bonds is 5. The number of aromatic nitrogens is 2. The Hall–Kier alpha value is -1.49. The van der Waals surface area contributed by atoms with Crippen LogP contribution < -0.4 is 5.73 Å². The maximum absolute atomic E-state index is 5.78. The minimum absolute atomic E-state index is 0.560. The molecule has 1 heterocycles. The lowest BCUT2D eigenvalue weighted by Gasteiger charge is -2.00. The van der Waals surface area contributed by atoms with Crippen LogP contribution in [0.5, 0.6) is 0 Å². The predicted octanol–water partition coefficient (Wildman–Crippen LogP) is 3.27. The van der Waals surface area contributed by atoms with E-state index in [4.69, 9.17) is 10.3 Å². The van der Waals surface area contributed by atoms with Crippen LogP contribution in [0.25, 0.3) is 11.5 Å². The van der Waals surface area contributed by atoms with E-state index in [0.717, 1.165) is 40.6 Å². The molecule has 0 unspecified atom stereocenters. The highest BCUT2D eigenvalue weighted by Gasteiger charge is 2.09. The van der Waals surface area contributed by atoms with E-state index in [1.807, 2.05) is 36.9 Å². The fourth-order valence-electron chi connectivity index (χ4n) is 1.55. The quantitative estimate of drug-likeness (QED) is 0.662. The van der Waals surface area contributed by atoms with Crippen LogP contribution in [-0.2, 0) is 5.75 Å². The van der Waals surface area contributed by atoms with Crippen LogP contribution >= 0.6 is 11.8 Å².